The summed E-state index contributed by atoms with van der Waals surface area (Å²) in [4.78, 5) is 29.0. The number of H-pyrrole nitrogens is 1. The van der Waals surface area contributed by atoms with Gasteiger partial charge in [-0.05, 0) is 41.6 Å². The van der Waals surface area contributed by atoms with Gasteiger partial charge in [-0.25, -0.2) is 0 Å². The molecule has 1 heterocycles. The molecule has 0 aliphatic carbocycles. The molecule has 0 radical (unpaired) electrons. The van der Waals surface area contributed by atoms with Crippen molar-refractivity contribution < 1.29 is 4.79 Å². The summed E-state index contributed by atoms with van der Waals surface area (Å²) >= 11 is 5.90. The summed E-state index contributed by atoms with van der Waals surface area (Å²) in [6, 6.07) is 15.1. The summed E-state index contributed by atoms with van der Waals surface area (Å²) in [5.41, 5.74) is 3.23. The fourth-order valence-corrected chi connectivity index (χ4v) is 2.97. The van der Waals surface area contributed by atoms with Gasteiger partial charge in [0, 0.05) is 24.1 Å². The van der Waals surface area contributed by atoms with Gasteiger partial charge in [0.25, 0.3) is 5.56 Å². The second-order valence-corrected chi connectivity index (χ2v) is 6.60. The van der Waals surface area contributed by atoms with Crippen LogP contribution in [0.2, 0.25) is 5.02 Å². The number of hydrogen-bond donors (Lipinski definition) is 1. The molecule has 4 nitrogen and oxygen atoms in total. The van der Waals surface area contributed by atoms with Gasteiger partial charge >= 0.3 is 0 Å². The van der Waals surface area contributed by atoms with Gasteiger partial charge < -0.3 is 9.88 Å². The first kappa shape index (κ1) is 17.2. The van der Waals surface area contributed by atoms with Gasteiger partial charge in [0.1, 0.15) is 0 Å². The molecular weight excluding hydrogens is 336 g/mol. The molecular formula is C20H19ClN2O2. The fraction of sp³-hybridized carbons (Fsp3) is 0.200. The van der Waals surface area contributed by atoms with Crippen LogP contribution in [0.15, 0.2) is 53.3 Å². The Morgan fingerprint density at radius 1 is 1.12 bits per heavy atom. The molecule has 0 aliphatic rings. The van der Waals surface area contributed by atoms with Crippen molar-refractivity contribution in [3.05, 3.63) is 80.6 Å². The Morgan fingerprint density at radius 2 is 1.84 bits per heavy atom. The van der Waals surface area contributed by atoms with Gasteiger partial charge in [0.15, 0.2) is 0 Å². The van der Waals surface area contributed by atoms with Crippen LogP contribution in [0.25, 0.3) is 10.9 Å². The van der Waals surface area contributed by atoms with Crippen LogP contribution in [0.4, 0.5) is 0 Å². The number of rotatable bonds is 4. The highest BCUT2D eigenvalue weighted by atomic mass is 35.5. The Bertz CT molecular complexity index is 977. The Hall–Kier alpha value is -2.59. The van der Waals surface area contributed by atoms with E-state index in [4.69, 9.17) is 11.6 Å². The number of hydrogen-bond acceptors (Lipinski definition) is 2. The van der Waals surface area contributed by atoms with Crippen molar-refractivity contribution in [2.24, 2.45) is 0 Å². The molecule has 128 valence electrons. The predicted octanol–water partition coefficient (Wildman–Crippen LogP) is 4.04. The quantitative estimate of drug-likeness (QED) is 0.768. The number of aromatic nitrogens is 1. The predicted molar refractivity (Wildman–Crippen MR) is 101 cm³/mol. The molecule has 3 rings (SSSR count). The van der Waals surface area contributed by atoms with Crippen molar-refractivity contribution in [1.29, 1.82) is 0 Å². The van der Waals surface area contributed by atoms with E-state index in [1.54, 1.807) is 17.0 Å². The lowest BCUT2D eigenvalue weighted by molar-refractivity contribution is -0.130. The molecule has 3 aromatic rings. The van der Waals surface area contributed by atoms with E-state index in [0.29, 0.717) is 17.1 Å². The lowest BCUT2D eigenvalue weighted by atomic mass is 10.1. The van der Waals surface area contributed by atoms with Crippen LogP contribution in [0, 0.1) is 6.92 Å². The number of aromatic amines is 1. The van der Waals surface area contributed by atoms with Gasteiger partial charge in [0.2, 0.25) is 5.91 Å². The maximum absolute atomic E-state index is 12.4. The minimum Gasteiger partial charge on any atom is -0.334 e. The maximum atomic E-state index is 12.4. The molecule has 0 fully saturated rings. The largest absolute Gasteiger partial charge is 0.334 e. The molecule has 25 heavy (non-hydrogen) atoms. The van der Waals surface area contributed by atoms with Crippen LogP contribution in [0.3, 0.4) is 0 Å². The van der Waals surface area contributed by atoms with E-state index in [1.807, 2.05) is 43.3 Å². The summed E-state index contributed by atoms with van der Waals surface area (Å²) in [6.07, 6.45) is 0. The molecule has 0 bridgehead atoms. The smallest absolute Gasteiger partial charge is 0.253 e. The SMILES string of the molecule is CC(=O)N(Cc1ccc(Cl)cc1)Cc1cc2cccc(C)c2[nH]c1=O. The summed E-state index contributed by atoms with van der Waals surface area (Å²) in [5.74, 6) is -0.0845. The first-order chi connectivity index (χ1) is 11.9. The number of pyridine rings is 1. The third-order valence-electron chi connectivity index (χ3n) is 4.26. The Kier molecular flexibility index (Phi) is 4.91. The average Bonchev–Trinajstić information content (AvgIpc) is 2.57. The molecule has 0 spiro atoms. The lowest BCUT2D eigenvalue weighted by Gasteiger charge is -2.21. The minimum atomic E-state index is -0.163. The van der Waals surface area contributed by atoms with E-state index in [2.05, 4.69) is 4.98 Å². The molecule has 0 unspecified atom stereocenters. The average molecular weight is 355 g/mol. The highest BCUT2D eigenvalue weighted by Crippen LogP contribution is 2.17. The maximum Gasteiger partial charge on any atom is 0.253 e. The number of para-hydroxylation sites is 1. The molecule has 0 atom stereocenters. The zero-order valence-corrected chi connectivity index (χ0v) is 14.9. The number of benzene rings is 2. The van der Waals surface area contributed by atoms with Gasteiger partial charge in [-0.15, -0.1) is 0 Å². The number of carbonyl (C=O) groups is 1. The van der Waals surface area contributed by atoms with Gasteiger partial charge in [-0.1, -0.05) is 41.9 Å². The Labute approximate surface area is 151 Å². The van der Waals surface area contributed by atoms with Crippen LogP contribution in [-0.2, 0) is 17.9 Å². The van der Waals surface area contributed by atoms with Crippen molar-refractivity contribution in [3.63, 3.8) is 0 Å². The molecule has 0 saturated heterocycles. The van der Waals surface area contributed by atoms with E-state index >= 15 is 0 Å². The van der Waals surface area contributed by atoms with Crippen LogP contribution in [0.1, 0.15) is 23.6 Å². The highest BCUT2D eigenvalue weighted by Gasteiger charge is 2.13. The standard InChI is InChI=1S/C20H19ClN2O2/c1-13-4-3-5-16-10-17(20(25)22-19(13)16)12-23(14(2)24)11-15-6-8-18(21)9-7-15/h3-10H,11-12H2,1-2H3,(H,22,25). The summed E-state index contributed by atoms with van der Waals surface area (Å²) in [5, 5.41) is 1.61. The second kappa shape index (κ2) is 7.11. The van der Waals surface area contributed by atoms with Crippen LogP contribution < -0.4 is 5.56 Å². The second-order valence-electron chi connectivity index (χ2n) is 6.16. The molecule has 0 aliphatic heterocycles. The zero-order valence-electron chi connectivity index (χ0n) is 14.2. The van der Waals surface area contributed by atoms with Crippen LogP contribution in [-0.4, -0.2) is 15.8 Å². The molecule has 0 saturated carbocycles. The fourth-order valence-electron chi connectivity index (χ4n) is 2.84. The number of nitrogens with zero attached hydrogens (tertiary/aromatic N) is 1. The molecule has 1 amide bonds. The Morgan fingerprint density at radius 3 is 2.52 bits per heavy atom. The van der Waals surface area contributed by atoms with Crippen LogP contribution >= 0.6 is 11.6 Å². The van der Waals surface area contributed by atoms with Crippen molar-refractivity contribution >= 4 is 28.4 Å². The van der Waals surface area contributed by atoms with E-state index in [9.17, 15) is 9.59 Å². The number of carbonyl (C=O) groups excluding carboxylic acids is 1. The molecule has 1 N–H and O–H groups in total. The van der Waals surface area contributed by atoms with E-state index in [1.165, 1.54) is 6.92 Å². The first-order valence-electron chi connectivity index (χ1n) is 8.05. The van der Waals surface area contributed by atoms with Gasteiger partial charge in [0.05, 0.1) is 12.1 Å². The summed E-state index contributed by atoms with van der Waals surface area (Å²) in [7, 11) is 0. The summed E-state index contributed by atoms with van der Waals surface area (Å²) < 4.78 is 0. The molecule has 2 aromatic carbocycles. The number of halogens is 1. The van der Waals surface area contributed by atoms with Crippen molar-refractivity contribution in [2.75, 3.05) is 0 Å². The van der Waals surface area contributed by atoms with Crippen LogP contribution in [0.5, 0.6) is 0 Å². The van der Waals surface area contributed by atoms with E-state index in [0.717, 1.165) is 22.0 Å². The Balaban J connectivity index is 1.91. The van der Waals surface area contributed by atoms with Crippen molar-refractivity contribution in [3.8, 4) is 0 Å². The zero-order chi connectivity index (χ0) is 18.0. The van der Waals surface area contributed by atoms with Gasteiger partial charge in [-0.3, -0.25) is 9.59 Å². The number of nitrogens with one attached hydrogen (secondary N) is 1. The first-order valence-corrected chi connectivity index (χ1v) is 8.43. The monoisotopic (exact) mass is 354 g/mol. The molecule has 1 aromatic heterocycles. The summed E-state index contributed by atoms with van der Waals surface area (Å²) in [6.45, 7) is 4.16. The van der Waals surface area contributed by atoms with Crippen molar-refractivity contribution in [1.82, 2.24) is 9.88 Å². The number of amides is 1. The topological polar surface area (TPSA) is 53.2 Å². The minimum absolute atomic E-state index is 0.0845. The normalized spacial score (nSPS) is 10.8. The number of fused-ring (bicyclic) bond motifs is 1. The van der Waals surface area contributed by atoms with Crippen molar-refractivity contribution in [2.45, 2.75) is 26.9 Å². The van der Waals surface area contributed by atoms with E-state index in [-0.39, 0.29) is 18.0 Å². The number of aryl methyl sites for hydroxylation is 1. The third-order valence-corrected chi connectivity index (χ3v) is 4.51. The van der Waals surface area contributed by atoms with E-state index < -0.39 is 0 Å². The highest BCUT2D eigenvalue weighted by molar-refractivity contribution is 6.30. The third kappa shape index (κ3) is 3.91. The molecule has 5 heteroatoms. The van der Waals surface area contributed by atoms with Gasteiger partial charge in [-0.2, -0.15) is 0 Å². The lowest BCUT2D eigenvalue weighted by Crippen LogP contribution is -2.30.